The van der Waals surface area contributed by atoms with Crippen LogP contribution in [0.4, 0.5) is 5.69 Å². The van der Waals surface area contributed by atoms with Gasteiger partial charge in [0.15, 0.2) is 0 Å². The van der Waals surface area contributed by atoms with Crippen LogP contribution < -0.4 is 10.6 Å². The molecule has 6 nitrogen and oxygen atoms in total. The lowest BCUT2D eigenvalue weighted by molar-refractivity contribution is -0.120. The molecule has 7 heteroatoms. The third-order valence-corrected chi connectivity index (χ3v) is 4.13. The molecule has 25 heavy (non-hydrogen) atoms. The Morgan fingerprint density at radius 1 is 1.20 bits per heavy atom. The SMILES string of the molecule is COCCNC(=O)Cc1ccc(NC(=O)c2cccnc2SC)cc1. The molecule has 0 unspecified atom stereocenters. The summed E-state index contributed by atoms with van der Waals surface area (Å²) in [4.78, 5) is 28.3. The second-order valence-electron chi connectivity index (χ2n) is 5.23. The van der Waals surface area contributed by atoms with E-state index in [-0.39, 0.29) is 18.2 Å². The number of carbonyl (C=O) groups is 2. The highest BCUT2D eigenvalue weighted by atomic mass is 32.2. The lowest BCUT2D eigenvalue weighted by Gasteiger charge is -2.09. The molecule has 0 bridgehead atoms. The van der Waals surface area contributed by atoms with Gasteiger partial charge in [0.2, 0.25) is 5.91 Å². The maximum atomic E-state index is 12.4. The van der Waals surface area contributed by atoms with E-state index in [0.717, 1.165) is 5.56 Å². The molecule has 1 heterocycles. The summed E-state index contributed by atoms with van der Waals surface area (Å²) < 4.78 is 4.89. The Kier molecular flexibility index (Phi) is 7.43. The van der Waals surface area contributed by atoms with Gasteiger partial charge in [-0.25, -0.2) is 4.98 Å². The average molecular weight is 359 g/mol. The largest absolute Gasteiger partial charge is 0.383 e. The van der Waals surface area contributed by atoms with Crippen LogP contribution in [0.25, 0.3) is 0 Å². The number of anilines is 1. The number of nitrogens with zero attached hydrogens (tertiary/aromatic N) is 1. The van der Waals surface area contributed by atoms with Crippen molar-refractivity contribution in [3.8, 4) is 0 Å². The molecule has 0 radical (unpaired) electrons. The van der Waals surface area contributed by atoms with E-state index in [0.29, 0.717) is 29.4 Å². The number of benzene rings is 1. The lowest BCUT2D eigenvalue weighted by Crippen LogP contribution is -2.28. The predicted octanol–water partition coefficient (Wildman–Crippen LogP) is 2.36. The molecule has 0 saturated carbocycles. The number of aromatic nitrogens is 1. The van der Waals surface area contributed by atoms with Crippen LogP contribution in [0.5, 0.6) is 0 Å². The first-order valence-corrected chi connectivity index (χ1v) is 9.01. The molecule has 0 aliphatic carbocycles. The topological polar surface area (TPSA) is 80.3 Å². The predicted molar refractivity (Wildman–Crippen MR) is 99.0 cm³/mol. The monoisotopic (exact) mass is 359 g/mol. The molecule has 0 saturated heterocycles. The summed E-state index contributed by atoms with van der Waals surface area (Å²) in [6, 6.07) is 10.7. The van der Waals surface area contributed by atoms with E-state index in [1.807, 2.05) is 18.4 Å². The van der Waals surface area contributed by atoms with Crippen LogP contribution in [0, 0.1) is 0 Å². The van der Waals surface area contributed by atoms with Gasteiger partial charge in [-0.1, -0.05) is 12.1 Å². The van der Waals surface area contributed by atoms with Crippen molar-refractivity contribution in [2.75, 3.05) is 31.8 Å². The minimum Gasteiger partial charge on any atom is -0.383 e. The molecule has 0 fully saturated rings. The number of rotatable bonds is 8. The smallest absolute Gasteiger partial charge is 0.258 e. The van der Waals surface area contributed by atoms with Gasteiger partial charge in [0.1, 0.15) is 5.03 Å². The van der Waals surface area contributed by atoms with Crippen molar-refractivity contribution in [1.29, 1.82) is 0 Å². The van der Waals surface area contributed by atoms with E-state index >= 15 is 0 Å². The van der Waals surface area contributed by atoms with Gasteiger partial charge in [-0.05, 0) is 36.1 Å². The van der Waals surface area contributed by atoms with Crippen LogP contribution >= 0.6 is 11.8 Å². The fourth-order valence-electron chi connectivity index (χ4n) is 2.17. The van der Waals surface area contributed by atoms with Crippen LogP contribution in [-0.2, 0) is 16.0 Å². The number of hydrogen-bond acceptors (Lipinski definition) is 5. The zero-order valence-corrected chi connectivity index (χ0v) is 15.1. The number of amides is 2. The molecular formula is C18H21N3O3S. The first-order chi connectivity index (χ1) is 12.1. The first kappa shape index (κ1) is 19.0. The van der Waals surface area contributed by atoms with Crippen molar-refractivity contribution in [3.05, 3.63) is 53.7 Å². The van der Waals surface area contributed by atoms with E-state index in [1.54, 1.807) is 37.6 Å². The minimum absolute atomic E-state index is 0.0613. The average Bonchev–Trinajstić information content (AvgIpc) is 2.63. The van der Waals surface area contributed by atoms with Crippen molar-refractivity contribution in [3.63, 3.8) is 0 Å². The highest BCUT2D eigenvalue weighted by Crippen LogP contribution is 2.19. The fourth-order valence-corrected chi connectivity index (χ4v) is 2.72. The molecule has 2 N–H and O–H groups in total. The van der Waals surface area contributed by atoms with Gasteiger partial charge in [0.25, 0.3) is 5.91 Å². The molecular weight excluding hydrogens is 338 g/mol. The Hall–Kier alpha value is -2.38. The van der Waals surface area contributed by atoms with Gasteiger partial charge in [-0.2, -0.15) is 0 Å². The summed E-state index contributed by atoms with van der Waals surface area (Å²) in [7, 11) is 1.59. The molecule has 0 spiro atoms. The van der Waals surface area contributed by atoms with Crippen LogP contribution in [0.1, 0.15) is 15.9 Å². The van der Waals surface area contributed by atoms with Gasteiger partial charge in [-0.15, -0.1) is 11.8 Å². The summed E-state index contributed by atoms with van der Waals surface area (Å²) >= 11 is 1.43. The molecule has 2 aromatic rings. The van der Waals surface area contributed by atoms with Crippen molar-refractivity contribution in [2.24, 2.45) is 0 Å². The van der Waals surface area contributed by atoms with Crippen molar-refractivity contribution < 1.29 is 14.3 Å². The summed E-state index contributed by atoms with van der Waals surface area (Å²) in [5.74, 6) is -0.267. The second kappa shape index (κ2) is 9.80. The van der Waals surface area contributed by atoms with E-state index in [1.165, 1.54) is 11.8 Å². The third kappa shape index (κ3) is 5.88. The summed E-state index contributed by atoms with van der Waals surface area (Å²) in [6.45, 7) is 0.982. The molecule has 1 aromatic carbocycles. The fraction of sp³-hybridized carbons (Fsp3) is 0.278. The van der Waals surface area contributed by atoms with Gasteiger partial charge < -0.3 is 15.4 Å². The van der Waals surface area contributed by atoms with Gasteiger partial charge >= 0.3 is 0 Å². The normalized spacial score (nSPS) is 10.3. The molecule has 0 aliphatic rings. The highest BCUT2D eigenvalue weighted by Gasteiger charge is 2.12. The number of nitrogens with one attached hydrogen (secondary N) is 2. The van der Waals surface area contributed by atoms with Gasteiger partial charge in [0.05, 0.1) is 18.6 Å². The quantitative estimate of drug-likeness (QED) is 0.559. The number of pyridine rings is 1. The number of methoxy groups -OCH3 is 1. The van der Waals surface area contributed by atoms with E-state index in [4.69, 9.17) is 4.74 Å². The summed E-state index contributed by atoms with van der Waals surface area (Å²) in [6.07, 6.45) is 3.83. The third-order valence-electron chi connectivity index (χ3n) is 3.41. The highest BCUT2D eigenvalue weighted by molar-refractivity contribution is 7.98. The number of hydrogen-bond donors (Lipinski definition) is 2. The van der Waals surface area contributed by atoms with E-state index in [9.17, 15) is 9.59 Å². The summed E-state index contributed by atoms with van der Waals surface area (Å²) in [5, 5.41) is 6.30. The Morgan fingerprint density at radius 2 is 1.96 bits per heavy atom. The van der Waals surface area contributed by atoms with Gasteiger partial charge in [0, 0.05) is 25.5 Å². The van der Waals surface area contributed by atoms with Crippen LogP contribution in [0.15, 0.2) is 47.6 Å². The zero-order valence-electron chi connectivity index (χ0n) is 14.2. The van der Waals surface area contributed by atoms with E-state index in [2.05, 4.69) is 15.6 Å². The van der Waals surface area contributed by atoms with Crippen molar-refractivity contribution in [1.82, 2.24) is 10.3 Å². The first-order valence-electron chi connectivity index (χ1n) is 7.79. The summed E-state index contributed by atoms with van der Waals surface area (Å²) in [5.41, 5.74) is 2.08. The van der Waals surface area contributed by atoms with Gasteiger partial charge in [-0.3, -0.25) is 9.59 Å². The minimum atomic E-state index is -0.206. The second-order valence-corrected chi connectivity index (χ2v) is 6.03. The Balaban J connectivity index is 1.93. The Morgan fingerprint density at radius 3 is 2.64 bits per heavy atom. The molecule has 0 atom stereocenters. The van der Waals surface area contributed by atoms with Crippen LogP contribution in [0.2, 0.25) is 0 Å². The van der Waals surface area contributed by atoms with Crippen molar-refractivity contribution in [2.45, 2.75) is 11.4 Å². The number of carbonyl (C=O) groups excluding carboxylic acids is 2. The Bertz CT molecular complexity index is 720. The molecule has 2 rings (SSSR count). The maximum absolute atomic E-state index is 12.4. The maximum Gasteiger partial charge on any atom is 0.258 e. The number of thioether (sulfide) groups is 1. The Labute approximate surface area is 151 Å². The van der Waals surface area contributed by atoms with Crippen LogP contribution in [-0.4, -0.2) is 43.3 Å². The van der Waals surface area contributed by atoms with Crippen LogP contribution in [0.3, 0.4) is 0 Å². The lowest BCUT2D eigenvalue weighted by atomic mass is 10.1. The number of ether oxygens (including phenoxy) is 1. The zero-order chi connectivity index (χ0) is 18.1. The molecule has 1 aromatic heterocycles. The standard InChI is InChI=1S/C18H21N3O3S/c1-24-11-10-19-16(22)12-13-5-7-14(8-6-13)21-17(23)15-4-3-9-20-18(15)25-2/h3-9H,10-12H2,1-2H3,(H,19,22)(H,21,23). The van der Waals surface area contributed by atoms with E-state index < -0.39 is 0 Å². The molecule has 132 valence electrons. The van der Waals surface area contributed by atoms with Crippen molar-refractivity contribution >= 4 is 29.3 Å². The molecule has 2 amide bonds. The molecule has 0 aliphatic heterocycles.